The monoisotopic (exact) mass is 304 g/mol. The lowest BCUT2D eigenvalue weighted by Crippen LogP contribution is -2.29. The van der Waals surface area contributed by atoms with Gasteiger partial charge in [-0.05, 0) is 50.2 Å². The van der Waals surface area contributed by atoms with Crippen LogP contribution in [-0.2, 0) is 4.79 Å². The zero-order valence-corrected chi connectivity index (χ0v) is 13.3. The third-order valence-corrected chi connectivity index (χ3v) is 4.31. The summed E-state index contributed by atoms with van der Waals surface area (Å²) >= 11 is 1.75. The summed E-state index contributed by atoms with van der Waals surface area (Å²) in [7, 11) is 1.62. The molecule has 1 amide bonds. The molecule has 4 nitrogen and oxygen atoms in total. The second-order valence-corrected chi connectivity index (χ2v) is 6.15. The van der Waals surface area contributed by atoms with E-state index < -0.39 is 0 Å². The van der Waals surface area contributed by atoms with Gasteiger partial charge in [0.05, 0.1) is 13.7 Å². The van der Waals surface area contributed by atoms with Crippen molar-refractivity contribution in [2.45, 2.75) is 19.9 Å². The number of rotatable bonds is 6. The van der Waals surface area contributed by atoms with Crippen molar-refractivity contribution in [3.8, 4) is 5.75 Å². The maximum absolute atomic E-state index is 11.9. The molecule has 112 valence electrons. The first kappa shape index (κ1) is 15.5. The van der Waals surface area contributed by atoms with Crippen molar-refractivity contribution in [2.24, 2.45) is 0 Å². The third kappa shape index (κ3) is 4.58. The summed E-state index contributed by atoms with van der Waals surface area (Å²) < 4.78 is 5.08. The molecule has 0 radical (unpaired) electrons. The van der Waals surface area contributed by atoms with Gasteiger partial charge >= 0.3 is 0 Å². The van der Waals surface area contributed by atoms with Crippen LogP contribution in [0.3, 0.4) is 0 Å². The van der Waals surface area contributed by atoms with Crippen LogP contribution in [0.15, 0.2) is 36.4 Å². The average molecular weight is 304 g/mol. The van der Waals surface area contributed by atoms with E-state index in [1.165, 1.54) is 9.75 Å². The van der Waals surface area contributed by atoms with Gasteiger partial charge in [-0.15, -0.1) is 11.3 Å². The van der Waals surface area contributed by atoms with E-state index in [1.807, 2.05) is 24.3 Å². The predicted molar refractivity (Wildman–Crippen MR) is 87.1 cm³/mol. The van der Waals surface area contributed by atoms with Crippen molar-refractivity contribution in [1.82, 2.24) is 5.32 Å². The molecule has 5 heteroatoms. The molecule has 0 spiro atoms. The molecular formula is C16H20N2O2S. The predicted octanol–water partition coefficient (Wildman–Crippen LogP) is 3.35. The van der Waals surface area contributed by atoms with Crippen LogP contribution in [0.2, 0.25) is 0 Å². The summed E-state index contributed by atoms with van der Waals surface area (Å²) in [5.74, 6) is 0.716. The number of anilines is 1. The highest BCUT2D eigenvalue weighted by molar-refractivity contribution is 7.12. The Morgan fingerprint density at radius 3 is 2.52 bits per heavy atom. The van der Waals surface area contributed by atoms with Crippen LogP contribution in [0.5, 0.6) is 5.75 Å². The fraction of sp³-hybridized carbons (Fsp3) is 0.312. The van der Waals surface area contributed by atoms with E-state index in [0.29, 0.717) is 0 Å². The third-order valence-electron chi connectivity index (χ3n) is 3.13. The Morgan fingerprint density at radius 1 is 1.24 bits per heavy atom. The summed E-state index contributed by atoms with van der Waals surface area (Å²) in [6, 6.07) is 11.6. The first-order chi connectivity index (χ1) is 10.1. The van der Waals surface area contributed by atoms with Crippen molar-refractivity contribution in [2.75, 3.05) is 19.0 Å². The van der Waals surface area contributed by atoms with Gasteiger partial charge < -0.3 is 15.4 Å². The molecule has 1 aromatic heterocycles. The lowest BCUT2D eigenvalue weighted by atomic mass is 10.2. The molecule has 0 aliphatic carbocycles. The molecular weight excluding hydrogens is 284 g/mol. The number of methoxy groups -OCH3 is 1. The molecule has 21 heavy (non-hydrogen) atoms. The molecule has 0 saturated carbocycles. The lowest BCUT2D eigenvalue weighted by Gasteiger charge is -2.12. The minimum Gasteiger partial charge on any atom is -0.497 e. The van der Waals surface area contributed by atoms with E-state index >= 15 is 0 Å². The van der Waals surface area contributed by atoms with Gasteiger partial charge in [0.1, 0.15) is 5.75 Å². The highest BCUT2D eigenvalue weighted by Crippen LogP contribution is 2.22. The van der Waals surface area contributed by atoms with E-state index in [1.54, 1.807) is 18.4 Å². The molecule has 1 aromatic carbocycles. The largest absolute Gasteiger partial charge is 0.497 e. The minimum absolute atomic E-state index is 0.0553. The van der Waals surface area contributed by atoms with Crippen molar-refractivity contribution in [3.05, 3.63) is 46.2 Å². The van der Waals surface area contributed by atoms with Gasteiger partial charge in [-0.2, -0.15) is 0 Å². The zero-order chi connectivity index (χ0) is 15.2. The van der Waals surface area contributed by atoms with Crippen LogP contribution in [0.25, 0.3) is 0 Å². The van der Waals surface area contributed by atoms with Crippen molar-refractivity contribution in [1.29, 1.82) is 0 Å². The van der Waals surface area contributed by atoms with Crippen molar-refractivity contribution in [3.63, 3.8) is 0 Å². The molecule has 0 aliphatic heterocycles. The Kier molecular flexibility index (Phi) is 5.36. The molecule has 0 fully saturated rings. The molecule has 1 heterocycles. The smallest absolute Gasteiger partial charge is 0.238 e. The fourth-order valence-corrected chi connectivity index (χ4v) is 2.82. The number of benzene rings is 1. The lowest BCUT2D eigenvalue weighted by molar-refractivity contribution is -0.115. The first-order valence-corrected chi connectivity index (χ1v) is 7.64. The molecule has 2 N–H and O–H groups in total. The van der Waals surface area contributed by atoms with Gasteiger partial charge in [-0.3, -0.25) is 4.79 Å². The Bertz CT molecular complexity index is 593. The topological polar surface area (TPSA) is 50.4 Å². The van der Waals surface area contributed by atoms with Crippen LogP contribution in [0, 0.1) is 6.92 Å². The summed E-state index contributed by atoms with van der Waals surface area (Å²) in [6.07, 6.45) is 0. The number of hydrogen-bond donors (Lipinski definition) is 2. The van der Waals surface area contributed by atoms with Crippen LogP contribution < -0.4 is 15.4 Å². The van der Waals surface area contributed by atoms with Gasteiger partial charge in [0, 0.05) is 21.5 Å². The maximum Gasteiger partial charge on any atom is 0.238 e. The highest BCUT2D eigenvalue weighted by Gasteiger charge is 2.09. The first-order valence-electron chi connectivity index (χ1n) is 6.82. The molecule has 2 aromatic rings. The average Bonchev–Trinajstić information content (AvgIpc) is 2.92. The molecule has 0 bridgehead atoms. The Labute approximate surface area is 129 Å². The van der Waals surface area contributed by atoms with E-state index in [2.05, 4.69) is 36.6 Å². The Morgan fingerprint density at radius 2 is 1.95 bits per heavy atom. The number of amides is 1. The van der Waals surface area contributed by atoms with E-state index in [4.69, 9.17) is 4.74 Å². The second-order valence-electron chi connectivity index (χ2n) is 4.83. The van der Waals surface area contributed by atoms with Crippen LogP contribution in [0.1, 0.15) is 22.7 Å². The minimum atomic E-state index is -0.0553. The summed E-state index contributed by atoms with van der Waals surface area (Å²) in [5.41, 5.74) is 0.766. The highest BCUT2D eigenvalue weighted by atomic mass is 32.1. The number of hydrogen-bond acceptors (Lipinski definition) is 4. The molecule has 1 atom stereocenters. The number of aryl methyl sites for hydroxylation is 1. The van der Waals surface area contributed by atoms with E-state index in [-0.39, 0.29) is 18.5 Å². The van der Waals surface area contributed by atoms with Gasteiger partial charge in [-0.1, -0.05) is 0 Å². The van der Waals surface area contributed by atoms with Gasteiger partial charge in [-0.25, -0.2) is 0 Å². The zero-order valence-electron chi connectivity index (χ0n) is 12.5. The Balaban J connectivity index is 1.81. The normalized spacial score (nSPS) is 12.0. The molecule has 0 aliphatic rings. The van der Waals surface area contributed by atoms with Crippen molar-refractivity contribution < 1.29 is 9.53 Å². The molecule has 2 rings (SSSR count). The number of nitrogens with one attached hydrogen (secondary N) is 2. The second kappa shape index (κ2) is 7.24. The number of ether oxygens (including phenoxy) is 1. The standard InChI is InChI=1S/C16H20N2O2S/c1-11-4-9-15(21-11)12(2)17-10-16(19)18-13-5-7-14(20-3)8-6-13/h4-9,12,17H,10H2,1-3H3,(H,18,19). The fourth-order valence-electron chi connectivity index (χ4n) is 1.91. The van der Waals surface area contributed by atoms with Crippen LogP contribution >= 0.6 is 11.3 Å². The Hall–Kier alpha value is -1.85. The van der Waals surface area contributed by atoms with Crippen LogP contribution in [0.4, 0.5) is 5.69 Å². The summed E-state index contributed by atoms with van der Waals surface area (Å²) in [6.45, 7) is 4.42. The quantitative estimate of drug-likeness (QED) is 0.860. The molecule has 0 saturated heterocycles. The summed E-state index contributed by atoms with van der Waals surface area (Å²) in [4.78, 5) is 14.4. The van der Waals surface area contributed by atoms with Gasteiger partial charge in [0.2, 0.25) is 5.91 Å². The molecule has 1 unspecified atom stereocenters. The van der Waals surface area contributed by atoms with E-state index in [9.17, 15) is 4.79 Å². The number of thiophene rings is 1. The number of carbonyl (C=O) groups is 1. The van der Waals surface area contributed by atoms with Crippen LogP contribution in [-0.4, -0.2) is 19.6 Å². The summed E-state index contributed by atoms with van der Waals surface area (Å²) in [5, 5.41) is 6.08. The number of carbonyl (C=O) groups excluding carboxylic acids is 1. The van der Waals surface area contributed by atoms with Gasteiger partial charge in [0.25, 0.3) is 0 Å². The van der Waals surface area contributed by atoms with Crippen molar-refractivity contribution >= 4 is 22.9 Å². The SMILES string of the molecule is COc1ccc(NC(=O)CNC(C)c2ccc(C)s2)cc1. The van der Waals surface area contributed by atoms with E-state index in [0.717, 1.165) is 11.4 Å². The maximum atomic E-state index is 11.9. The van der Waals surface area contributed by atoms with Gasteiger partial charge in [0.15, 0.2) is 0 Å².